The number of hydrogen-bond acceptors (Lipinski definition) is 6. The highest BCUT2D eigenvalue weighted by molar-refractivity contribution is 8.00. The molecule has 0 amide bonds. The first-order valence-corrected chi connectivity index (χ1v) is 11.6. The first-order valence-electron chi connectivity index (χ1n) is 9.54. The van der Waals surface area contributed by atoms with Crippen molar-refractivity contribution in [3.8, 4) is 10.7 Å². The van der Waals surface area contributed by atoms with E-state index in [4.69, 9.17) is 9.97 Å². The lowest BCUT2D eigenvalue weighted by atomic mass is 10.1. The Labute approximate surface area is 183 Å². The molecule has 2 heterocycles. The number of anilines is 2. The number of carbonyl (C=O) groups is 1. The summed E-state index contributed by atoms with van der Waals surface area (Å²) in [5.41, 5.74) is 3.24. The van der Waals surface area contributed by atoms with Crippen molar-refractivity contribution >= 4 is 51.3 Å². The molecule has 30 heavy (non-hydrogen) atoms. The zero-order valence-corrected chi connectivity index (χ0v) is 18.5. The van der Waals surface area contributed by atoms with Gasteiger partial charge in [0, 0.05) is 16.9 Å². The number of rotatable bonds is 6. The number of aromatic nitrogens is 2. The highest BCUT2D eigenvalue weighted by Crippen LogP contribution is 2.33. The molecule has 0 saturated heterocycles. The minimum atomic E-state index is -0.922. The van der Waals surface area contributed by atoms with E-state index in [0.717, 1.165) is 50.7 Å². The Bertz CT molecular complexity index is 1250. The Balaban J connectivity index is 1.72. The van der Waals surface area contributed by atoms with Crippen molar-refractivity contribution in [3.05, 3.63) is 65.4 Å². The standard InChI is InChI=1S/C23H21N3O2S2/c1-4-18-13(2)24-22(19-9-10-20(29-3)30-19)26-21(18)25-17-8-7-14-11-16(23(27)28)6-5-15(14)12-17/h5-12H,4H2,1-3H3,(H,27,28)(H,24,25,26). The Hall–Kier alpha value is -2.90. The molecule has 0 spiro atoms. The molecular formula is C23H21N3O2S2. The third-order valence-corrected chi connectivity index (χ3v) is 7.08. The Morgan fingerprint density at radius 2 is 1.87 bits per heavy atom. The van der Waals surface area contributed by atoms with Gasteiger partial charge in [0.15, 0.2) is 5.82 Å². The lowest BCUT2D eigenvalue weighted by Crippen LogP contribution is -2.05. The molecule has 2 aromatic heterocycles. The number of fused-ring (bicyclic) bond motifs is 1. The number of aromatic carboxylic acids is 1. The number of thiophene rings is 1. The third kappa shape index (κ3) is 4.04. The van der Waals surface area contributed by atoms with Crippen molar-refractivity contribution in [2.45, 2.75) is 24.5 Å². The van der Waals surface area contributed by atoms with Crippen LogP contribution in [0.5, 0.6) is 0 Å². The van der Waals surface area contributed by atoms with Crippen molar-refractivity contribution in [1.29, 1.82) is 0 Å². The molecule has 0 fully saturated rings. The summed E-state index contributed by atoms with van der Waals surface area (Å²) in [5.74, 6) is 0.610. The number of benzene rings is 2. The molecule has 4 aromatic rings. The molecule has 0 saturated carbocycles. The maximum atomic E-state index is 11.2. The predicted molar refractivity (Wildman–Crippen MR) is 125 cm³/mol. The largest absolute Gasteiger partial charge is 0.478 e. The summed E-state index contributed by atoms with van der Waals surface area (Å²) in [6.45, 7) is 4.12. The van der Waals surface area contributed by atoms with Crippen molar-refractivity contribution in [3.63, 3.8) is 0 Å². The van der Waals surface area contributed by atoms with E-state index < -0.39 is 5.97 Å². The maximum Gasteiger partial charge on any atom is 0.335 e. The maximum absolute atomic E-state index is 11.2. The lowest BCUT2D eigenvalue weighted by molar-refractivity contribution is 0.0697. The predicted octanol–water partition coefficient (Wildman–Crippen LogP) is 6.39. The summed E-state index contributed by atoms with van der Waals surface area (Å²) >= 11 is 3.41. The normalized spacial score (nSPS) is 11.0. The lowest BCUT2D eigenvalue weighted by Gasteiger charge is -2.14. The van der Waals surface area contributed by atoms with E-state index in [2.05, 4.69) is 30.6 Å². The van der Waals surface area contributed by atoms with Gasteiger partial charge in [0.1, 0.15) is 5.82 Å². The number of aryl methyl sites for hydroxylation is 1. The van der Waals surface area contributed by atoms with Gasteiger partial charge >= 0.3 is 5.97 Å². The van der Waals surface area contributed by atoms with Crippen molar-refractivity contribution in [2.75, 3.05) is 11.6 Å². The van der Waals surface area contributed by atoms with Crippen LogP contribution in [0.2, 0.25) is 0 Å². The molecule has 5 nitrogen and oxygen atoms in total. The van der Waals surface area contributed by atoms with Gasteiger partial charge in [0.2, 0.25) is 0 Å². The van der Waals surface area contributed by atoms with Gasteiger partial charge in [-0.15, -0.1) is 23.1 Å². The van der Waals surface area contributed by atoms with Crippen LogP contribution in [0.4, 0.5) is 11.5 Å². The van der Waals surface area contributed by atoms with Crippen LogP contribution < -0.4 is 5.32 Å². The molecule has 0 bridgehead atoms. The molecule has 0 atom stereocenters. The summed E-state index contributed by atoms with van der Waals surface area (Å²) in [7, 11) is 0. The molecule has 0 unspecified atom stereocenters. The first-order chi connectivity index (χ1) is 14.5. The van der Waals surface area contributed by atoms with E-state index in [9.17, 15) is 9.90 Å². The molecule has 4 rings (SSSR count). The number of thioether (sulfide) groups is 1. The first kappa shape index (κ1) is 20.4. The zero-order chi connectivity index (χ0) is 21.3. The zero-order valence-electron chi connectivity index (χ0n) is 16.9. The second-order valence-electron chi connectivity index (χ2n) is 6.84. The highest BCUT2D eigenvalue weighted by atomic mass is 32.2. The van der Waals surface area contributed by atoms with E-state index in [1.807, 2.05) is 31.2 Å². The fourth-order valence-corrected chi connectivity index (χ4v) is 4.85. The van der Waals surface area contributed by atoms with Crippen LogP contribution in [-0.2, 0) is 6.42 Å². The van der Waals surface area contributed by atoms with Crippen LogP contribution in [0.1, 0.15) is 28.5 Å². The topological polar surface area (TPSA) is 75.1 Å². The summed E-state index contributed by atoms with van der Waals surface area (Å²) < 4.78 is 1.23. The minimum Gasteiger partial charge on any atom is -0.478 e. The fourth-order valence-electron chi connectivity index (χ4n) is 3.38. The van der Waals surface area contributed by atoms with Crippen LogP contribution >= 0.6 is 23.1 Å². The summed E-state index contributed by atoms with van der Waals surface area (Å²) in [4.78, 5) is 21.8. The SMILES string of the molecule is CCc1c(C)nc(-c2ccc(SC)s2)nc1Nc1ccc2cc(C(=O)O)ccc2c1. The third-order valence-electron chi connectivity index (χ3n) is 4.92. The molecule has 2 N–H and O–H groups in total. The van der Waals surface area contributed by atoms with Crippen LogP contribution in [0.3, 0.4) is 0 Å². The van der Waals surface area contributed by atoms with Gasteiger partial charge in [0.25, 0.3) is 0 Å². The van der Waals surface area contributed by atoms with Gasteiger partial charge in [-0.3, -0.25) is 0 Å². The van der Waals surface area contributed by atoms with Gasteiger partial charge in [-0.2, -0.15) is 0 Å². The number of carboxylic acids is 1. The van der Waals surface area contributed by atoms with Crippen LogP contribution in [-0.4, -0.2) is 27.3 Å². The van der Waals surface area contributed by atoms with Crippen molar-refractivity contribution < 1.29 is 9.90 Å². The van der Waals surface area contributed by atoms with Gasteiger partial charge in [0.05, 0.1) is 14.6 Å². The van der Waals surface area contributed by atoms with Crippen LogP contribution in [0.15, 0.2) is 52.7 Å². The molecule has 0 aliphatic heterocycles. The van der Waals surface area contributed by atoms with E-state index in [1.165, 1.54) is 4.21 Å². The monoisotopic (exact) mass is 435 g/mol. The van der Waals surface area contributed by atoms with E-state index in [-0.39, 0.29) is 5.56 Å². The second-order valence-corrected chi connectivity index (χ2v) is 9.03. The quantitative estimate of drug-likeness (QED) is 0.342. The second kappa shape index (κ2) is 8.45. The molecule has 7 heteroatoms. The van der Waals surface area contributed by atoms with E-state index in [1.54, 1.807) is 35.2 Å². The van der Waals surface area contributed by atoms with Crippen LogP contribution in [0.25, 0.3) is 21.5 Å². The molecule has 2 aromatic carbocycles. The van der Waals surface area contributed by atoms with Gasteiger partial charge in [-0.05, 0) is 66.8 Å². The van der Waals surface area contributed by atoms with E-state index in [0.29, 0.717) is 0 Å². The molecule has 0 aliphatic carbocycles. The van der Waals surface area contributed by atoms with Gasteiger partial charge in [-0.1, -0.05) is 19.1 Å². The minimum absolute atomic E-state index is 0.285. The Morgan fingerprint density at radius 3 is 2.57 bits per heavy atom. The average Bonchev–Trinajstić information content (AvgIpc) is 3.22. The number of nitrogens with one attached hydrogen (secondary N) is 1. The smallest absolute Gasteiger partial charge is 0.335 e. The summed E-state index contributed by atoms with van der Waals surface area (Å²) in [5, 5.41) is 14.5. The van der Waals surface area contributed by atoms with Crippen molar-refractivity contribution in [2.24, 2.45) is 0 Å². The molecule has 152 valence electrons. The summed E-state index contributed by atoms with van der Waals surface area (Å²) in [6.07, 6.45) is 2.89. The van der Waals surface area contributed by atoms with Crippen LogP contribution in [0, 0.1) is 6.92 Å². The number of carboxylic acid groups (broad SMARTS) is 1. The highest BCUT2D eigenvalue weighted by Gasteiger charge is 2.14. The Kier molecular flexibility index (Phi) is 5.74. The van der Waals surface area contributed by atoms with Crippen molar-refractivity contribution in [1.82, 2.24) is 9.97 Å². The number of hydrogen-bond donors (Lipinski definition) is 2. The molecule has 0 aliphatic rings. The number of nitrogens with zero attached hydrogens (tertiary/aromatic N) is 2. The summed E-state index contributed by atoms with van der Waals surface area (Å²) in [6, 6.07) is 15.2. The van der Waals surface area contributed by atoms with Gasteiger partial charge in [-0.25, -0.2) is 14.8 Å². The Morgan fingerprint density at radius 1 is 1.10 bits per heavy atom. The average molecular weight is 436 g/mol. The molecule has 0 radical (unpaired) electrons. The van der Waals surface area contributed by atoms with E-state index >= 15 is 0 Å². The molecular weight excluding hydrogens is 414 g/mol. The van der Waals surface area contributed by atoms with Gasteiger partial charge < -0.3 is 10.4 Å². The fraction of sp³-hybridized carbons (Fsp3) is 0.174.